The van der Waals surface area contributed by atoms with E-state index in [0.29, 0.717) is 0 Å². The minimum atomic E-state index is 0.723. The Hall–Kier alpha value is -4.72. The molecule has 0 spiro atoms. The van der Waals surface area contributed by atoms with Crippen LogP contribution in [-0.2, 0) is 26.2 Å². The number of benzene rings is 4. The summed E-state index contributed by atoms with van der Waals surface area (Å²) in [6.07, 6.45) is 1.00. The highest BCUT2D eigenvalue weighted by Crippen LogP contribution is 2.33. The maximum atomic E-state index is 6.32. The van der Waals surface area contributed by atoms with Gasteiger partial charge in [0.05, 0.1) is 33.8 Å². The maximum Gasteiger partial charge on any atom is 0.0711 e. The minimum Gasteiger partial charge on any atom is -0.334 e. The first kappa shape index (κ1) is 33.4. The number of aromatic nitrogens is 4. The van der Waals surface area contributed by atoms with Crippen molar-refractivity contribution in [3.8, 4) is 0 Å². The quantitative estimate of drug-likeness (QED) is 0.124. The predicted molar refractivity (Wildman–Crippen MR) is 213 cm³/mol. The highest BCUT2D eigenvalue weighted by atomic mass is 35.5. The monoisotopic (exact) mass is 710 g/mol. The summed E-state index contributed by atoms with van der Waals surface area (Å²) in [6.45, 7) is 8.96. The van der Waals surface area contributed by atoms with Crippen molar-refractivity contribution in [2.75, 3.05) is 13.1 Å². The molecule has 0 bridgehead atoms. The number of nitrogens with zero attached hydrogens (tertiary/aromatic N) is 4. The predicted octanol–water partition coefficient (Wildman–Crippen LogP) is 9.98. The van der Waals surface area contributed by atoms with Crippen molar-refractivity contribution in [1.82, 2.24) is 29.7 Å². The molecule has 8 aromatic rings. The summed E-state index contributed by atoms with van der Waals surface area (Å²) < 4.78 is 4.74. The molecule has 0 fully saturated rings. The fraction of sp³-hybridized carbons (Fsp3) is 0.209. The van der Waals surface area contributed by atoms with Crippen LogP contribution in [-0.4, -0.2) is 32.2 Å². The molecule has 8 rings (SSSR count). The van der Waals surface area contributed by atoms with Crippen molar-refractivity contribution >= 4 is 66.8 Å². The molecule has 0 saturated carbocycles. The lowest BCUT2D eigenvalue weighted by Gasteiger charge is -2.12. The average molecular weight is 712 g/mol. The second kappa shape index (κ2) is 14.5. The van der Waals surface area contributed by atoms with Crippen LogP contribution >= 0.6 is 23.2 Å². The van der Waals surface area contributed by atoms with Gasteiger partial charge in [-0.05, 0) is 93.0 Å². The smallest absolute Gasteiger partial charge is 0.0711 e. The van der Waals surface area contributed by atoms with Gasteiger partial charge < -0.3 is 19.8 Å². The molecule has 0 aliphatic heterocycles. The van der Waals surface area contributed by atoms with Crippen LogP contribution in [0.1, 0.15) is 40.3 Å². The first-order valence-electron chi connectivity index (χ1n) is 17.6. The van der Waals surface area contributed by atoms with Crippen molar-refractivity contribution in [2.45, 2.75) is 46.4 Å². The Labute approximate surface area is 308 Å². The maximum absolute atomic E-state index is 6.32. The lowest BCUT2D eigenvalue weighted by molar-refractivity contribution is 0.587. The van der Waals surface area contributed by atoms with Gasteiger partial charge in [0.15, 0.2) is 0 Å². The fourth-order valence-corrected chi connectivity index (χ4v) is 8.01. The number of hydrogen-bond acceptors (Lipinski definition) is 4. The molecule has 0 aliphatic rings. The van der Waals surface area contributed by atoms with Crippen molar-refractivity contribution in [3.05, 3.63) is 153 Å². The zero-order valence-corrected chi connectivity index (χ0v) is 30.4. The third-order valence-corrected chi connectivity index (χ3v) is 10.2. The van der Waals surface area contributed by atoms with Gasteiger partial charge >= 0.3 is 0 Å². The van der Waals surface area contributed by atoms with E-state index in [1.807, 2.05) is 36.4 Å². The van der Waals surface area contributed by atoms with Crippen LogP contribution in [0.15, 0.2) is 109 Å². The molecule has 8 heteroatoms. The molecule has 0 aliphatic carbocycles. The lowest BCUT2D eigenvalue weighted by atomic mass is 10.1. The Morgan fingerprint density at radius 1 is 0.529 bits per heavy atom. The summed E-state index contributed by atoms with van der Waals surface area (Å²) in [5.41, 5.74) is 11.3. The van der Waals surface area contributed by atoms with E-state index in [-0.39, 0.29) is 0 Å². The molecule has 6 nitrogen and oxygen atoms in total. The molecule has 4 aromatic carbocycles. The number of nitrogens with one attached hydrogen (secondary N) is 2. The van der Waals surface area contributed by atoms with E-state index >= 15 is 0 Å². The fourth-order valence-electron chi connectivity index (χ4n) is 7.58. The first-order valence-corrected chi connectivity index (χ1v) is 18.3. The van der Waals surface area contributed by atoms with Crippen LogP contribution in [0, 0.1) is 13.8 Å². The van der Waals surface area contributed by atoms with E-state index in [1.54, 1.807) is 0 Å². The second-order valence-electron chi connectivity index (χ2n) is 13.4. The number of aryl methyl sites for hydroxylation is 2. The highest BCUT2D eigenvalue weighted by molar-refractivity contribution is 6.31. The largest absolute Gasteiger partial charge is 0.334 e. The van der Waals surface area contributed by atoms with E-state index in [1.165, 1.54) is 54.7 Å². The van der Waals surface area contributed by atoms with Crippen LogP contribution in [0.5, 0.6) is 0 Å². The number of para-hydroxylation sites is 2. The summed E-state index contributed by atoms with van der Waals surface area (Å²) >= 11 is 12.6. The molecule has 0 amide bonds. The van der Waals surface area contributed by atoms with Crippen LogP contribution in [0.2, 0.25) is 10.0 Å². The number of hydrogen-bond donors (Lipinski definition) is 2. The summed E-state index contributed by atoms with van der Waals surface area (Å²) in [7, 11) is 0. The van der Waals surface area contributed by atoms with Gasteiger partial charge in [-0.1, -0.05) is 83.9 Å². The zero-order chi connectivity index (χ0) is 34.9. The van der Waals surface area contributed by atoms with E-state index in [4.69, 9.17) is 33.2 Å². The normalized spacial score (nSPS) is 11.8. The molecule has 0 unspecified atom stereocenters. The molecular weight excluding hydrogens is 671 g/mol. The standard InChI is InChI=1S/C43H40Cl2N6/c1-28-42-38(36-14-3-5-16-40(36)50(42)26-30-10-7-12-32(44)20-30)22-34(48-28)24-46-18-9-19-47-25-35-23-39-37-15-4-6-17-41(37)51(43(39)29(2)49-35)27-31-11-8-13-33(45)21-31/h3-8,10-17,20-23,46-47H,9,18-19,24-27H2,1-2H3. The van der Waals surface area contributed by atoms with Gasteiger partial charge in [-0.2, -0.15) is 0 Å². The molecule has 0 saturated heterocycles. The van der Waals surface area contributed by atoms with Crippen LogP contribution in [0.4, 0.5) is 0 Å². The number of fused-ring (bicyclic) bond motifs is 6. The number of pyridine rings is 2. The van der Waals surface area contributed by atoms with Crippen molar-refractivity contribution in [3.63, 3.8) is 0 Å². The van der Waals surface area contributed by atoms with E-state index in [2.05, 4.69) is 106 Å². The summed E-state index contributed by atoms with van der Waals surface area (Å²) in [5.74, 6) is 0. The summed E-state index contributed by atoms with van der Waals surface area (Å²) in [4.78, 5) is 10.1. The highest BCUT2D eigenvalue weighted by Gasteiger charge is 2.17. The Morgan fingerprint density at radius 2 is 0.980 bits per heavy atom. The molecule has 256 valence electrons. The third kappa shape index (κ3) is 6.85. The molecule has 0 atom stereocenters. The van der Waals surface area contributed by atoms with E-state index in [9.17, 15) is 0 Å². The molecule has 4 aromatic heterocycles. The van der Waals surface area contributed by atoms with Gasteiger partial charge in [-0.25, -0.2) is 0 Å². The number of halogens is 2. The van der Waals surface area contributed by atoms with Crippen molar-refractivity contribution in [1.29, 1.82) is 0 Å². The van der Waals surface area contributed by atoms with E-state index in [0.717, 1.165) is 78.5 Å². The second-order valence-corrected chi connectivity index (χ2v) is 14.2. The Balaban J connectivity index is 0.907. The van der Waals surface area contributed by atoms with Gasteiger partial charge in [-0.3, -0.25) is 9.97 Å². The van der Waals surface area contributed by atoms with Crippen molar-refractivity contribution < 1.29 is 0 Å². The molecular formula is C43H40Cl2N6. The van der Waals surface area contributed by atoms with E-state index < -0.39 is 0 Å². The SMILES string of the molecule is Cc1nc(CNCCCNCc2cc3c4ccccc4n(Cc4cccc(Cl)c4)c3c(C)n2)cc2c3ccccc3n(Cc3cccc(Cl)c3)c12. The summed E-state index contributed by atoms with van der Waals surface area (Å²) in [5, 5.41) is 13.7. The van der Waals surface area contributed by atoms with Crippen LogP contribution in [0.25, 0.3) is 43.6 Å². The first-order chi connectivity index (χ1) is 24.9. The lowest BCUT2D eigenvalue weighted by Crippen LogP contribution is -2.22. The third-order valence-electron chi connectivity index (χ3n) is 9.73. The topological polar surface area (TPSA) is 59.7 Å². The van der Waals surface area contributed by atoms with Gasteiger partial charge in [0.25, 0.3) is 0 Å². The van der Waals surface area contributed by atoms with Crippen LogP contribution < -0.4 is 10.6 Å². The zero-order valence-electron chi connectivity index (χ0n) is 28.9. The average Bonchev–Trinajstić information content (AvgIpc) is 3.61. The summed E-state index contributed by atoms with van der Waals surface area (Å²) in [6, 6.07) is 37.9. The van der Waals surface area contributed by atoms with Gasteiger partial charge in [0.1, 0.15) is 0 Å². The number of rotatable bonds is 12. The Morgan fingerprint density at radius 3 is 1.43 bits per heavy atom. The molecule has 51 heavy (non-hydrogen) atoms. The molecule has 0 radical (unpaired) electrons. The van der Waals surface area contributed by atoms with Crippen LogP contribution in [0.3, 0.4) is 0 Å². The minimum absolute atomic E-state index is 0.723. The molecule has 4 heterocycles. The molecule has 2 N–H and O–H groups in total. The Kier molecular flexibility index (Phi) is 9.50. The van der Waals surface area contributed by atoms with Gasteiger partial charge in [-0.15, -0.1) is 0 Å². The van der Waals surface area contributed by atoms with Crippen molar-refractivity contribution in [2.24, 2.45) is 0 Å². The van der Waals surface area contributed by atoms with Gasteiger partial charge in [0.2, 0.25) is 0 Å². The Bertz CT molecular complexity index is 2360. The van der Waals surface area contributed by atoms with Gasteiger partial charge in [0, 0.05) is 68.8 Å².